The van der Waals surface area contributed by atoms with Crippen LogP contribution in [0, 0.1) is 22.7 Å². The van der Waals surface area contributed by atoms with Crippen LogP contribution in [-0.2, 0) is 9.59 Å². The summed E-state index contributed by atoms with van der Waals surface area (Å²) >= 11 is 0. The standard InChI is InChI=1S/C16H36P.C12H22O4/c1-5-9-13-17(14-10-6-2,15-11-7-3)16-12-8-4;1-11(2,3)7(9(13)14)8(10(15)16)12(4,5)6/h5-16H2,1-4H3;7-8H,1-6H3,(H,13,14)(H,15,16)/q+1;/p-1/t;7-,8-/m.1/s1. The minimum absolute atomic E-state index is 0.562. The third kappa shape index (κ3) is 14.4. The zero-order valence-corrected chi connectivity index (χ0v) is 24.7. The van der Waals surface area contributed by atoms with E-state index in [1.54, 1.807) is 66.2 Å². The number of hydrogen-bond acceptors (Lipinski definition) is 3. The Kier molecular flexibility index (Phi) is 17.7. The smallest absolute Gasteiger partial charge is 0.307 e. The van der Waals surface area contributed by atoms with Crippen molar-refractivity contribution in [1.82, 2.24) is 0 Å². The van der Waals surface area contributed by atoms with Crippen LogP contribution in [0.1, 0.15) is 121 Å². The lowest BCUT2D eigenvalue weighted by atomic mass is 9.64. The number of carboxylic acids is 2. The first kappa shape index (κ1) is 34.5. The molecule has 0 aromatic carbocycles. The molecule has 0 aromatic rings. The molecule has 0 aliphatic rings. The minimum Gasteiger partial charge on any atom is -0.550 e. The highest BCUT2D eigenvalue weighted by Gasteiger charge is 2.44. The summed E-state index contributed by atoms with van der Waals surface area (Å²) in [6.07, 6.45) is 17.9. The highest BCUT2D eigenvalue weighted by atomic mass is 31.2. The third-order valence-corrected chi connectivity index (χ3v) is 11.7. The Hall–Kier alpha value is -0.630. The Morgan fingerprint density at radius 3 is 1.06 bits per heavy atom. The molecule has 33 heavy (non-hydrogen) atoms. The molecule has 1 N–H and O–H groups in total. The van der Waals surface area contributed by atoms with E-state index in [9.17, 15) is 19.8 Å². The number of unbranched alkanes of at least 4 members (excludes halogenated alkanes) is 4. The Balaban J connectivity index is 0. The molecule has 198 valence electrons. The highest BCUT2D eigenvalue weighted by molar-refractivity contribution is 7.75. The van der Waals surface area contributed by atoms with Gasteiger partial charge < -0.3 is 15.0 Å². The van der Waals surface area contributed by atoms with Gasteiger partial charge in [-0.05, 0) is 36.5 Å². The predicted octanol–water partition coefficient (Wildman–Crippen LogP) is 7.35. The summed E-state index contributed by atoms with van der Waals surface area (Å²) in [5.41, 5.74) is -1.26. The second kappa shape index (κ2) is 16.9. The number of carbonyl (C=O) groups is 2. The molecule has 0 aromatic heterocycles. The van der Waals surface area contributed by atoms with Crippen molar-refractivity contribution in [3.63, 3.8) is 0 Å². The van der Waals surface area contributed by atoms with Crippen LogP contribution >= 0.6 is 7.26 Å². The number of hydrogen-bond donors (Lipinski definition) is 1. The summed E-state index contributed by atoms with van der Waals surface area (Å²) in [5.74, 6) is -4.35. The van der Waals surface area contributed by atoms with Crippen molar-refractivity contribution in [1.29, 1.82) is 0 Å². The van der Waals surface area contributed by atoms with Crippen molar-refractivity contribution in [3.8, 4) is 0 Å². The van der Waals surface area contributed by atoms with Crippen LogP contribution in [0.15, 0.2) is 0 Å². The summed E-state index contributed by atoms with van der Waals surface area (Å²) in [6, 6.07) is 0. The molecule has 0 aliphatic heterocycles. The summed E-state index contributed by atoms with van der Waals surface area (Å²) < 4.78 is 0. The van der Waals surface area contributed by atoms with Crippen LogP contribution in [0.5, 0.6) is 0 Å². The topological polar surface area (TPSA) is 77.4 Å². The largest absolute Gasteiger partial charge is 0.550 e. The van der Waals surface area contributed by atoms with E-state index in [0.29, 0.717) is 0 Å². The van der Waals surface area contributed by atoms with Gasteiger partial charge in [0.1, 0.15) is 0 Å². The van der Waals surface area contributed by atoms with Crippen molar-refractivity contribution < 1.29 is 19.8 Å². The molecule has 2 atom stereocenters. The van der Waals surface area contributed by atoms with Crippen LogP contribution in [0.4, 0.5) is 0 Å². The van der Waals surface area contributed by atoms with Gasteiger partial charge in [-0.15, -0.1) is 0 Å². The van der Waals surface area contributed by atoms with E-state index in [-0.39, 0.29) is 0 Å². The van der Waals surface area contributed by atoms with Gasteiger partial charge in [0, 0.05) is 19.1 Å². The average molecular weight is 489 g/mol. The number of rotatable bonds is 15. The van der Waals surface area contributed by atoms with Crippen LogP contribution in [0.25, 0.3) is 0 Å². The van der Waals surface area contributed by atoms with Gasteiger partial charge in [0.15, 0.2) is 0 Å². The quantitative estimate of drug-likeness (QED) is 0.244. The first-order valence-electron chi connectivity index (χ1n) is 13.4. The first-order valence-corrected chi connectivity index (χ1v) is 15.9. The molecule has 0 fully saturated rings. The highest BCUT2D eigenvalue weighted by Crippen LogP contribution is 2.61. The monoisotopic (exact) mass is 488 g/mol. The molecule has 0 saturated heterocycles. The maximum atomic E-state index is 11.2. The van der Waals surface area contributed by atoms with Gasteiger partial charge in [0.25, 0.3) is 0 Å². The summed E-state index contributed by atoms with van der Waals surface area (Å²) in [5, 5.41) is 20.4. The van der Waals surface area contributed by atoms with Gasteiger partial charge in [0.05, 0.1) is 30.6 Å². The average Bonchev–Trinajstić information content (AvgIpc) is 2.69. The van der Waals surface area contributed by atoms with E-state index >= 15 is 0 Å². The molecule has 0 bridgehead atoms. The van der Waals surface area contributed by atoms with Crippen molar-refractivity contribution in [2.45, 2.75) is 121 Å². The fourth-order valence-corrected chi connectivity index (χ4v) is 9.94. The zero-order chi connectivity index (χ0) is 26.3. The third-order valence-electron chi connectivity index (χ3n) is 6.66. The van der Waals surface area contributed by atoms with Crippen LogP contribution in [0.2, 0.25) is 0 Å². The molecule has 4 nitrogen and oxygen atoms in total. The number of carbonyl (C=O) groups excluding carboxylic acids is 1. The molecular weight excluding hydrogens is 431 g/mol. The van der Waals surface area contributed by atoms with E-state index < -0.39 is 41.9 Å². The van der Waals surface area contributed by atoms with Crippen LogP contribution < -0.4 is 5.11 Å². The lowest BCUT2D eigenvalue weighted by Gasteiger charge is -2.41. The van der Waals surface area contributed by atoms with Crippen molar-refractivity contribution in [2.75, 3.05) is 24.6 Å². The summed E-state index contributed by atoms with van der Waals surface area (Å²) in [7, 11) is -0.562. The van der Waals surface area contributed by atoms with E-state index in [4.69, 9.17) is 0 Å². The van der Waals surface area contributed by atoms with Crippen molar-refractivity contribution in [3.05, 3.63) is 0 Å². The Labute approximate surface area is 207 Å². The molecule has 0 radical (unpaired) electrons. The molecule has 0 rings (SSSR count). The molecule has 0 saturated carbocycles. The lowest BCUT2D eigenvalue weighted by molar-refractivity contribution is -0.318. The fourth-order valence-electron chi connectivity index (χ4n) is 4.65. The number of aliphatic carboxylic acids is 2. The van der Waals surface area contributed by atoms with Gasteiger partial charge in [0.2, 0.25) is 0 Å². The van der Waals surface area contributed by atoms with Crippen LogP contribution in [-0.4, -0.2) is 41.7 Å². The van der Waals surface area contributed by atoms with Gasteiger partial charge >= 0.3 is 5.97 Å². The van der Waals surface area contributed by atoms with E-state index in [1.165, 1.54) is 51.4 Å². The minimum atomic E-state index is -1.30. The van der Waals surface area contributed by atoms with Gasteiger partial charge in [-0.3, -0.25) is 4.79 Å². The number of carboxylic acid groups (broad SMARTS) is 2. The molecule has 0 unspecified atom stereocenters. The van der Waals surface area contributed by atoms with Crippen molar-refractivity contribution in [2.24, 2.45) is 22.7 Å². The van der Waals surface area contributed by atoms with Crippen LogP contribution in [0.3, 0.4) is 0 Å². The first-order chi connectivity index (χ1) is 15.1. The Bertz CT molecular complexity index is 463. The molecule has 0 aliphatic carbocycles. The fraction of sp³-hybridized carbons (Fsp3) is 0.929. The molecule has 0 spiro atoms. The van der Waals surface area contributed by atoms with Gasteiger partial charge in [-0.1, -0.05) is 94.9 Å². The SMILES string of the molecule is CC(C)(C)[C@@H](C(=O)[O-])[C@H](C(=O)O)C(C)(C)C.CCCC[P+](CCCC)(CCCC)CCCC. The van der Waals surface area contributed by atoms with Gasteiger partial charge in [-0.2, -0.15) is 0 Å². The zero-order valence-electron chi connectivity index (χ0n) is 23.8. The maximum Gasteiger partial charge on any atom is 0.307 e. The Morgan fingerprint density at radius 1 is 0.667 bits per heavy atom. The van der Waals surface area contributed by atoms with Gasteiger partial charge in [-0.25, -0.2) is 0 Å². The van der Waals surface area contributed by atoms with E-state index in [0.717, 1.165) is 0 Å². The second-order valence-electron chi connectivity index (χ2n) is 12.0. The molecule has 5 heteroatoms. The predicted molar refractivity (Wildman–Crippen MR) is 145 cm³/mol. The summed E-state index contributed by atoms with van der Waals surface area (Å²) in [6.45, 7) is 19.8. The normalized spacial score (nSPS) is 14.2. The molecular formula is C28H57O4P. The Morgan fingerprint density at radius 2 is 0.939 bits per heavy atom. The summed E-state index contributed by atoms with van der Waals surface area (Å²) in [4.78, 5) is 22.4. The molecule has 0 amide bonds. The van der Waals surface area contributed by atoms with Crippen molar-refractivity contribution >= 4 is 19.2 Å². The second-order valence-corrected chi connectivity index (χ2v) is 16.5. The molecule has 0 heterocycles. The van der Waals surface area contributed by atoms with E-state index in [1.807, 2.05) is 0 Å². The lowest BCUT2D eigenvalue weighted by Crippen LogP contribution is -2.50. The van der Waals surface area contributed by atoms with E-state index in [2.05, 4.69) is 27.7 Å². The maximum absolute atomic E-state index is 11.2.